The molecule has 0 spiro atoms. The van der Waals surface area contributed by atoms with Crippen LogP contribution in [0.25, 0.3) is 5.57 Å². The van der Waals surface area contributed by atoms with Crippen molar-refractivity contribution in [3.05, 3.63) is 71.5 Å². The van der Waals surface area contributed by atoms with E-state index in [9.17, 15) is 4.79 Å². The molecule has 2 aromatic rings. The molecule has 1 aliphatic heterocycles. The van der Waals surface area contributed by atoms with Crippen LogP contribution in [-0.4, -0.2) is 38.2 Å². The third-order valence-electron chi connectivity index (χ3n) is 4.43. The maximum Gasteiger partial charge on any atom is 0.411 e. The van der Waals surface area contributed by atoms with Crippen LogP contribution in [0.5, 0.6) is 0 Å². The molecule has 0 aliphatic carbocycles. The number of likely N-dealkylation sites (N-methyl/N-ethyl adjacent to an activating group) is 1. The molecule has 26 heavy (non-hydrogen) atoms. The number of carbonyl (C=O) groups is 1. The van der Waals surface area contributed by atoms with Crippen molar-refractivity contribution in [2.75, 3.05) is 32.6 Å². The second-order valence-electron chi connectivity index (χ2n) is 6.36. The number of hydrogen-bond donors (Lipinski definition) is 1. The Balaban J connectivity index is 1.60. The van der Waals surface area contributed by atoms with Gasteiger partial charge in [0, 0.05) is 12.2 Å². The number of methoxy groups -OCH3 is 1. The lowest BCUT2D eigenvalue weighted by Gasteiger charge is -2.27. The summed E-state index contributed by atoms with van der Waals surface area (Å²) in [7, 11) is 3.80. The fraction of sp³-hybridized carbons (Fsp3) is 0.286. The minimum Gasteiger partial charge on any atom is -0.499 e. The SMILES string of the molecule is COC1=C(c2ccc(NC(=O)OCc3ccccc3)cc2)CCN(C)C1. The Labute approximate surface area is 154 Å². The molecule has 1 N–H and O–H groups in total. The maximum absolute atomic E-state index is 11.9. The summed E-state index contributed by atoms with van der Waals surface area (Å²) >= 11 is 0. The van der Waals surface area contributed by atoms with Crippen molar-refractivity contribution in [1.82, 2.24) is 4.90 Å². The van der Waals surface area contributed by atoms with Gasteiger partial charge in [-0.2, -0.15) is 0 Å². The summed E-state index contributed by atoms with van der Waals surface area (Å²) in [4.78, 5) is 14.2. The number of ether oxygens (including phenoxy) is 2. The molecule has 0 unspecified atom stereocenters. The van der Waals surface area contributed by atoms with Crippen molar-refractivity contribution in [3.8, 4) is 0 Å². The fourth-order valence-electron chi connectivity index (χ4n) is 2.99. The van der Waals surface area contributed by atoms with Gasteiger partial charge in [0.05, 0.1) is 13.7 Å². The highest BCUT2D eigenvalue weighted by atomic mass is 16.5. The summed E-state index contributed by atoms with van der Waals surface area (Å²) in [6.45, 7) is 2.08. The molecule has 0 saturated carbocycles. The van der Waals surface area contributed by atoms with E-state index in [1.807, 2.05) is 54.6 Å². The molecule has 136 valence electrons. The smallest absolute Gasteiger partial charge is 0.411 e. The van der Waals surface area contributed by atoms with E-state index < -0.39 is 6.09 Å². The van der Waals surface area contributed by atoms with Crippen molar-refractivity contribution in [2.24, 2.45) is 0 Å². The van der Waals surface area contributed by atoms with Crippen LogP contribution in [-0.2, 0) is 16.1 Å². The largest absolute Gasteiger partial charge is 0.499 e. The van der Waals surface area contributed by atoms with Gasteiger partial charge in [0.25, 0.3) is 0 Å². The van der Waals surface area contributed by atoms with Crippen molar-refractivity contribution >= 4 is 17.4 Å². The molecule has 3 rings (SSSR count). The van der Waals surface area contributed by atoms with E-state index in [4.69, 9.17) is 9.47 Å². The number of nitrogens with zero attached hydrogens (tertiary/aromatic N) is 1. The number of amides is 1. The topological polar surface area (TPSA) is 50.8 Å². The number of hydrogen-bond acceptors (Lipinski definition) is 4. The van der Waals surface area contributed by atoms with Crippen molar-refractivity contribution in [3.63, 3.8) is 0 Å². The van der Waals surface area contributed by atoms with Gasteiger partial charge in [-0.3, -0.25) is 10.2 Å². The van der Waals surface area contributed by atoms with Crippen LogP contribution >= 0.6 is 0 Å². The highest BCUT2D eigenvalue weighted by Crippen LogP contribution is 2.28. The number of carbonyl (C=O) groups excluding carboxylic acids is 1. The minimum atomic E-state index is -0.460. The minimum absolute atomic E-state index is 0.252. The second kappa shape index (κ2) is 8.54. The van der Waals surface area contributed by atoms with Gasteiger partial charge in [0.15, 0.2) is 0 Å². The molecule has 0 radical (unpaired) electrons. The van der Waals surface area contributed by atoms with E-state index in [0.717, 1.165) is 36.4 Å². The Morgan fingerprint density at radius 2 is 1.85 bits per heavy atom. The third kappa shape index (κ3) is 4.64. The highest BCUT2D eigenvalue weighted by Gasteiger charge is 2.18. The number of rotatable bonds is 5. The Hall–Kier alpha value is -2.79. The first-order chi connectivity index (χ1) is 12.7. The predicted molar refractivity (Wildman–Crippen MR) is 103 cm³/mol. The van der Waals surface area contributed by atoms with Crippen LogP contribution in [0.3, 0.4) is 0 Å². The maximum atomic E-state index is 11.9. The number of nitrogens with one attached hydrogen (secondary N) is 1. The van der Waals surface area contributed by atoms with Crippen molar-refractivity contribution in [2.45, 2.75) is 13.0 Å². The summed E-state index contributed by atoms with van der Waals surface area (Å²) in [6, 6.07) is 17.4. The molecule has 0 bridgehead atoms. The molecule has 1 heterocycles. The second-order valence-corrected chi connectivity index (χ2v) is 6.36. The van der Waals surface area contributed by atoms with E-state index in [1.165, 1.54) is 5.57 Å². The first-order valence-corrected chi connectivity index (χ1v) is 8.68. The molecule has 0 aromatic heterocycles. The van der Waals surface area contributed by atoms with E-state index in [0.29, 0.717) is 5.69 Å². The van der Waals surface area contributed by atoms with Crippen LogP contribution in [0.1, 0.15) is 17.5 Å². The zero-order chi connectivity index (χ0) is 18.4. The summed E-state index contributed by atoms with van der Waals surface area (Å²) in [6.07, 6.45) is 0.489. The average molecular weight is 352 g/mol. The van der Waals surface area contributed by atoms with Gasteiger partial charge in [-0.15, -0.1) is 0 Å². The summed E-state index contributed by atoms with van der Waals surface area (Å²) < 4.78 is 10.8. The van der Waals surface area contributed by atoms with Crippen LogP contribution in [0.2, 0.25) is 0 Å². The van der Waals surface area contributed by atoms with Gasteiger partial charge < -0.3 is 9.47 Å². The van der Waals surface area contributed by atoms with Crippen LogP contribution in [0.4, 0.5) is 10.5 Å². The van der Waals surface area contributed by atoms with Gasteiger partial charge in [-0.1, -0.05) is 42.5 Å². The Kier molecular flexibility index (Phi) is 5.92. The van der Waals surface area contributed by atoms with Crippen LogP contribution in [0, 0.1) is 0 Å². The standard InChI is InChI=1S/C21H24N2O3/c1-23-13-12-19(20(14-23)25-2)17-8-10-18(11-9-17)22-21(24)26-15-16-6-4-3-5-7-16/h3-11H,12-15H2,1-2H3,(H,22,24). The van der Waals surface area contributed by atoms with Crippen molar-refractivity contribution in [1.29, 1.82) is 0 Å². The van der Waals surface area contributed by atoms with Crippen LogP contribution < -0.4 is 5.32 Å². The molecule has 5 heteroatoms. The molecule has 5 nitrogen and oxygen atoms in total. The average Bonchev–Trinajstić information content (AvgIpc) is 2.68. The van der Waals surface area contributed by atoms with E-state index in [1.54, 1.807) is 7.11 Å². The first-order valence-electron chi connectivity index (χ1n) is 8.68. The Morgan fingerprint density at radius 3 is 2.54 bits per heavy atom. The monoisotopic (exact) mass is 352 g/mol. The third-order valence-corrected chi connectivity index (χ3v) is 4.43. The lowest BCUT2D eigenvalue weighted by molar-refractivity contribution is 0.155. The molecule has 0 atom stereocenters. The number of anilines is 1. The van der Waals surface area contributed by atoms with Gasteiger partial charge >= 0.3 is 6.09 Å². The molecular formula is C21H24N2O3. The zero-order valence-corrected chi connectivity index (χ0v) is 15.2. The normalized spacial score (nSPS) is 14.8. The molecule has 1 amide bonds. The molecule has 1 aliphatic rings. The van der Waals surface area contributed by atoms with Gasteiger partial charge in [-0.05, 0) is 42.3 Å². The molecular weight excluding hydrogens is 328 g/mol. The summed E-state index contributed by atoms with van der Waals surface area (Å²) in [5, 5.41) is 2.76. The predicted octanol–water partition coefficient (Wildman–Crippen LogP) is 4.13. The van der Waals surface area contributed by atoms with Gasteiger partial charge in [-0.25, -0.2) is 4.79 Å². The lowest BCUT2D eigenvalue weighted by atomic mass is 9.98. The van der Waals surface area contributed by atoms with E-state index in [-0.39, 0.29) is 6.61 Å². The highest BCUT2D eigenvalue weighted by molar-refractivity contribution is 5.85. The summed E-state index contributed by atoms with van der Waals surface area (Å²) in [5.41, 5.74) is 4.01. The first kappa shape index (κ1) is 18.0. The fourth-order valence-corrected chi connectivity index (χ4v) is 2.99. The van der Waals surface area contributed by atoms with Crippen LogP contribution in [0.15, 0.2) is 60.4 Å². The Morgan fingerprint density at radius 1 is 1.12 bits per heavy atom. The Bertz CT molecular complexity index is 770. The van der Waals surface area contributed by atoms with Gasteiger partial charge in [0.1, 0.15) is 12.4 Å². The quantitative estimate of drug-likeness (QED) is 0.879. The molecule has 0 saturated heterocycles. The van der Waals surface area contributed by atoms with Gasteiger partial charge in [0.2, 0.25) is 0 Å². The lowest BCUT2D eigenvalue weighted by Crippen LogP contribution is -2.28. The van der Waals surface area contributed by atoms with E-state index >= 15 is 0 Å². The summed E-state index contributed by atoms with van der Waals surface area (Å²) in [5.74, 6) is 1.00. The van der Waals surface area contributed by atoms with E-state index in [2.05, 4.69) is 17.3 Å². The molecule has 2 aromatic carbocycles. The van der Waals surface area contributed by atoms with Crippen molar-refractivity contribution < 1.29 is 14.3 Å². The zero-order valence-electron chi connectivity index (χ0n) is 15.2. The number of benzene rings is 2. The molecule has 0 fully saturated rings.